The van der Waals surface area contributed by atoms with E-state index in [2.05, 4.69) is 5.32 Å². The molecule has 3 aromatic rings. The Morgan fingerprint density at radius 1 is 0.949 bits per heavy atom. The molecule has 8 nitrogen and oxygen atoms in total. The molecule has 204 valence electrons. The smallest absolute Gasteiger partial charge is 0.242 e. The summed E-state index contributed by atoms with van der Waals surface area (Å²) in [7, 11) is 4.79. The van der Waals surface area contributed by atoms with Crippen LogP contribution >= 0.6 is 11.8 Å². The highest BCUT2D eigenvalue weighted by Crippen LogP contribution is 2.33. The fourth-order valence-electron chi connectivity index (χ4n) is 4.30. The van der Waals surface area contributed by atoms with Crippen molar-refractivity contribution in [1.82, 2.24) is 4.90 Å². The summed E-state index contributed by atoms with van der Waals surface area (Å²) in [6.45, 7) is 4.37. The number of rotatable bonds is 10. The molecular weight excluding hydrogens is 514 g/mol. The van der Waals surface area contributed by atoms with Crippen LogP contribution in [-0.4, -0.2) is 55.0 Å². The maximum Gasteiger partial charge on any atom is 0.242 e. The first-order chi connectivity index (χ1) is 18.8. The van der Waals surface area contributed by atoms with Crippen LogP contribution in [0.5, 0.6) is 17.2 Å². The molecule has 1 aliphatic rings. The molecule has 0 aromatic heterocycles. The molecule has 39 heavy (non-hydrogen) atoms. The molecule has 1 N–H and O–H groups in total. The predicted octanol–water partition coefficient (Wildman–Crippen LogP) is 5.53. The van der Waals surface area contributed by atoms with Crippen molar-refractivity contribution in [2.45, 2.75) is 31.9 Å². The largest absolute Gasteiger partial charge is 0.497 e. The van der Waals surface area contributed by atoms with Gasteiger partial charge in [0.15, 0.2) is 16.7 Å². The number of nitrogens with zero attached hydrogens (tertiary/aromatic N) is 2. The first-order valence-electron chi connectivity index (χ1n) is 12.6. The quantitative estimate of drug-likeness (QED) is 0.359. The second-order valence-corrected chi connectivity index (χ2v) is 10.4. The summed E-state index contributed by atoms with van der Waals surface area (Å²) in [4.78, 5) is 32.9. The third-order valence-corrected chi connectivity index (χ3v) is 7.59. The number of aliphatic imine (C=N–C) groups is 1. The van der Waals surface area contributed by atoms with Crippen molar-refractivity contribution >= 4 is 40.1 Å². The van der Waals surface area contributed by atoms with E-state index in [0.29, 0.717) is 35.3 Å². The number of ether oxygens (including phenoxy) is 3. The molecule has 0 spiro atoms. The zero-order valence-corrected chi connectivity index (χ0v) is 23.6. The average Bonchev–Trinajstić information content (AvgIpc) is 3.22. The van der Waals surface area contributed by atoms with Gasteiger partial charge in [0.2, 0.25) is 11.8 Å². The Bertz CT molecular complexity index is 1370. The number of hydrogen-bond acceptors (Lipinski definition) is 7. The lowest BCUT2D eigenvalue weighted by atomic mass is 10.1. The minimum atomic E-state index is -0.571. The van der Waals surface area contributed by atoms with E-state index in [0.717, 1.165) is 28.1 Å². The fraction of sp³-hybridized carbons (Fsp3) is 0.300. The van der Waals surface area contributed by atoms with Gasteiger partial charge < -0.3 is 19.5 Å². The minimum absolute atomic E-state index is 0.0469. The van der Waals surface area contributed by atoms with Crippen LogP contribution in [0.15, 0.2) is 65.7 Å². The van der Waals surface area contributed by atoms with Crippen LogP contribution in [-0.2, 0) is 16.0 Å². The first-order valence-corrected chi connectivity index (χ1v) is 13.5. The highest BCUT2D eigenvalue weighted by molar-refractivity contribution is 8.15. The maximum absolute atomic E-state index is 13.5. The van der Waals surface area contributed by atoms with Gasteiger partial charge in [0.25, 0.3) is 0 Å². The summed E-state index contributed by atoms with van der Waals surface area (Å²) in [5.74, 6) is 1.65. The monoisotopic (exact) mass is 547 g/mol. The lowest BCUT2D eigenvalue weighted by Gasteiger charge is -2.17. The molecule has 1 aliphatic heterocycles. The second-order valence-electron chi connectivity index (χ2n) is 9.20. The molecule has 0 aliphatic carbocycles. The van der Waals surface area contributed by atoms with Crippen molar-refractivity contribution in [2.75, 3.05) is 33.2 Å². The SMILES string of the molecule is COc1ccc(N=C2SC(CC(=O)Nc3ccc(C)cc3C)C(=O)N2CCc2ccc(OC)c(OC)c2)cc1. The van der Waals surface area contributed by atoms with Crippen molar-refractivity contribution in [2.24, 2.45) is 4.99 Å². The van der Waals surface area contributed by atoms with Gasteiger partial charge in [0.1, 0.15) is 11.0 Å². The highest BCUT2D eigenvalue weighted by atomic mass is 32.2. The van der Waals surface area contributed by atoms with Gasteiger partial charge in [-0.25, -0.2) is 4.99 Å². The number of amidine groups is 1. The molecule has 4 rings (SSSR count). The van der Waals surface area contributed by atoms with E-state index in [1.165, 1.54) is 11.8 Å². The lowest BCUT2D eigenvalue weighted by Crippen LogP contribution is -2.35. The Balaban J connectivity index is 1.53. The molecule has 0 radical (unpaired) electrons. The summed E-state index contributed by atoms with van der Waals surface area (Å²) >= 11 is 1.32. The number of carbonyl (C=O) groups excluding carboxylic acids is 2. The van der Waals surface area contributed by atoms with Crippen LogP contribution < -0.4 is 19.5 Å². The van der Waals surface area contributed by atoms with E-state index in [1.54, 1.807) is 26.2 Å². The molecule has 1 unspecified atom stereocenters. The molecule has 1 atom stereocenters. The summed E-state index contributed by atoms with van der Waals surface area (Å²) in [5.41, 5.74) is 4.54. The summed E-state index contributed by atoms with van der Waals surface area (Å²) in [6.07, 6.45) is 0.626. The van der Waals surface area contributed by atoms with Crippen LogP contribution in [0.2, 0.25) is 0 Å². The third-order valence-electron chi connectivity index (χ3n) is 6.42. The standard InChI is InChI=1S/C30H33N3O5S/c1-19-6-12-24(20(2)16-19)32-28(34)18-27-29(35)33(15-14-21-7-13-25(37-4)26(17-21)38-5)30(39-27)31-22-8-10-23(36-3)11-9-22/h6-13,16-17,27H,14-15,18H2,1-5H3,(H,32,34). The molecule has 1 saturated heterocycles. The van der Waals surface area contributed by atoms with Crippen LogP contribution in [0, 0.1) is 13.8 Å². The van der Waals surface area contributed by atoms with E-state index in [-0.39, 0.29) is 18.2 Å². The van der Waals surface area contributed by atoms with Gasteiger partial charge in [0, 0.05) is 18.7 Å². The molecule has 0 saturated carbocycles. The van der Waals surface area contributed by atoms with Crippen molar-refractivity contribution in [1.29, 1.82) is 0 Å². The first kappa shape index (κ1) is 28.0. The number of hydrogen-bond donors (Lipinski definition) is 1. The van der Waals surface area contributed by atoms with Crippen LogP contribution in [0.3, 0.4) is 0 Å². The molecule has 2 amide bonds. The van der Waals surface area contributed by atoms with E-state index in [9.17, 15) is 9.59 Å². The van der Waals surface area contributed by atoms with Crippen molar-refractivity contribution < 1.29 is 23.8 Å². The van der Waals surface area contributed by atoms with Crippen molar-refractivity contribution in [3.8, 4) is 17.2 Å². The van der Waals surface area contributed by atoms with Gasteiger partial charge >= 0.3 is 0 Å². The Morgan fingerprint density at radius 2 is 1.69 bits per heavy atom. The Labute approximate surface area is 233 Å². The fourth-order valence-corrected chi connectivity index (χ4v) is 5.48. The topological polar surface area (TPSA) is 89.5 Å². The average molecular weight is 548 g/mol. The maximum atomic E-state index is 13.5. The van der Waals surface area contributed by atoms with Gasteiger partial charge in [-0.3, -0.25) is 14.5 Å². The van der Waals surface area contributed by atoms with E-state index in [4.69, 9.17) is 19.2 Å². The molecule has 1 fully saturated rings. The van der Waals surface area contributed by atoms with Gasteiger partial charge in [0.05, 0.1) is 27.0 Å². The van der Waals surface area contributed by atoms with Gasteiger partial charge in [-0.15, -0.1) is 0 Å². The Morgan fingerprint density at radius 3 is 2.36 bits per heavy atom. The molecular formula is C30H33N3O5S. The van der Waals surface area contributed by atoms with E-state index < -0.39 is 5.25 Å². The van der Waals surface area contributed by atoms with Crippen molar-refractivity contribution in [3.63, 3.8) is 0 Å². The molecule has 1 heterocycles. The molecule has 9 heteroatoms. The minimum Gasteiger partial charge on any atom is -0.497 e. The van der Waals surface area contributed by atoms with Gasteiger partial charge in [-0.2, -0.15) is 0 Å². The number of anilines is 1. The number of nitrogens with one attached hydrogen (secondary N) is 1. The lowest BCUT2D eigenvalue weighted by molar-refractivity contribution is -0.128. The highest BCUT2D eigenvalue weighted by Gasteiger charge is 2.39. The van der Waals surface area contributed by atoms with Gasteiger partial charge in [-0.05, 0) is 73.9 Å². The summed E-state index contributed by atoms with van der Waals surface area (Å²) < 4.78 is 16.0. The number of amides is 2. The van der Waals surface area contributed by atoms with Crippen LogP contribution in [0.1, 0.15) is 23.1 Å². The Kier molecular flexibility index (Phi) is 9.14. The summed E-state index contributed by atoms with van der Waals surface area (Å²) in [6, 6.07) is 18.9. The number of aryl methyl sites for hydroxylation is 2. The number of carbonyl (C=O) groups is 2. The van der Waals surface area contributed by atoms with E-state index in [1.807, 2.05) is 74.5 Å². The zero-order chi connectivity index (χ0) is 27.9. The number of benzene rings is 3. The third kappa shape index (κ3) is 6.92. The Hall–Kier alpha value is -3.98. The van der Waals surface area contributed by atoms with Crippen LogP contribution in [0.4, 0.5) is 11.4 Å². The summed E-state index contributed by atoms with van der Waals surface area (Å²) in [5, 5.41) is 2.95. The normalized spacial score (nSPS) is 15.9. The van der Waals surface area contributed by atoms with Gasteiger partial charge in [-0.1, -0.05) is 35.5 Å². The van der Waals surface area contributed by atoms with E-state index >= 15 is 0 Å². The predicted molar refractivity (Wildman–Crippen MR) is 156 cm³/mol. The van der Waals surface area contributed by atoms with Crippen LogP contribution in [0.25, 0.3) is 0 Å². The molecule has 0 bridgehead atoms. The number of thioether (sulfide) groups is 1. The number of methoxy groups -OCH3 is 3. The molecule has 3 aromatic carbocycles. The second kappa shape index (κ2) is 12.7. The zero-order valence-electron chi connectivity index (χ0n) is 22.8. The van der Waals surface area contributed by atoms with Crippen molar-refractivity contribution in [3.05, 3.63) is 77.4 Å².